The molecule has 2 unspecified atom stereocenters. The Labute approximate surface area is 132 Å². The molecule has 1 aromatic rings. The maximum atomic E-state index is 12.2. The predicted octanol–water partition coefficient (Wildman–Crippen LogP) is 3.67. The topological polar surface area (TPSA) is 46.9 Å². The standard InChI is InChI=1S/C14H22BrN3OS/c1-4-20-11-6-5-10(7-11)17-12-8-16-18(9(2)3)14(19)13(12)15/h8-11,17H,4-7H2,1-3H3. The lowest BCUT2D eigenvalue weighted by Crippen LogP contribution is -2.27. The Kier molecular flexibility index (Phi) is 5.55. The van der Waals surface area contributed by atoms with Crippen molar-refractivity contribution in [1.29, 1.82) is 0 Å². The quantitative estimate of drug-likeness (QED) is 0.870. The number of aromatic nitrogens is 2. The van der Waals surface area contributed by atoms with Crippen LogP contribution in [0.4, 0.5) is 5.69 Å². The zero-order valence-electron chi connectivity index (χ0n) is 12.2. The fraction of sp³-hybridized carbons (Fsp3) is 0.714. The second kappa shape index (κ2) is 6.98. The van der Waals surface area contributed by atoms with Gasteiger partial charge in [-0.3, -0.25) is 4.79 Å². The summed E-state index contributed by atoms with van der Waals surface area (Å²) in [5.41, 5.74) is 0.751. The van der Waals surface area contributed by atoms with Gasteiger partial charge in [0.15, 0.2) is 0 Å². The smallest absolute Gasteiger partial charge is 0.283 e. The van der Waals surface area contributed by atoms with E-state index in [0.717, 1.165) is 23.8 Å². The normalized spacial score (nSPS) is 22.4. The predicted molar refractivity (Wildman–Crippen MR) is 89.8 cm³/mol. The van der Waals surface area contributed by atoms with Crippen molar-refractivity contribution in [2.75, 3.05) is 11.1 Å². The van der Waals surface area contributed by atoms with Gasteiger partial charge in [-0.05, 0) is 54.8 Å². The Bertz CT molecular complexity index is 518. The third-order valence-electron chi connectivity index (χ3n) is 3.58. The molecular formula is C14H22BrN3OS. The van der Waals surface area contributed by atoms with Crippen LogP contribution >= 0.6 is 27.7 Å². The summed E-state index contributed by atoms with van der Waals surface area (Å²) in [5, 5.41) is 8.46. The van der Waals surface area contributed by atoms with Gasteiger partial charge in [0.05, 0.1) is 17.9 Å². The Morgan fingerprint density at radius 3 is 2.95 bits per heavy atom. The molecule has 1 saturated carbocycles. The maximum Gasteiger partial charge on any atom is 0.283 e. The molecule has 0 bridgehead atoms. The van der Waals surface area contributed by atoms with E-state index in [4.69, 9.17) is 0 Å². The number of anilines is 1. The number of nitrogens with zero attached hydrogens (tertiary/aromatic N) is 2. The van der Waals surface area contributed by atoms with Crippen molar-refractivity contribution in [1.82, 2.24) is 9.78 Å². The Balaban J connectivity index is 2.08. The molecule has 0 spiro atoms. The Morgan fingerprint density at radius 2 is 2.30 bits per heavy atom. The van der Waals surface area contributed by atoms with E-state index in [1.165, 1.54) is 16.9 Å². The first kappa shape index (κ1) is 15.9. The van der Waals surface area contributed by atoms with Crippen LogP contribution in [-0.2, 0) is 0 Å². The molecule has 0 amide bonds. The van der Waals surface area contributed by atoms with Crippen LogP contribution in [-0.4, -0.2) is 26.8 Å². The molecule has 0 aromatic carbocycles. The van der Waals surface area contributed by atoms with Crippen molar-refractivity contribution in [3.05, 3.63) is 21.0 Å². The van der Waals surface area contributed by atoms with Crippen LogP contribution in [0.5, 0.6) is 0 Å². The van der Waals surface area contributed by atoms with Crippen molar-refractivity contribution < 1.29 is 0 Å². The summed E-state index contributed by atoms with van der Waals surface area (Å²) in [6, 6.07) is 0.524. The van der Waals surface area contributed by atoms with Crippen LogP contribution in [0, 0.1) is 0 Å². The van der Waals surface area contributed by atoms with Gasteiger partial charge in [-0.15, -0.1) is 0 Å². The molecule has 0 aliphatic heterocycles. The summed E-state index contributed by atoms with van der Waals surface area (Å²) in [7, 11) is 0. The Morgan fingerprint density at radius 1 is 1.55 bits per heavy atom. The summed E-state index contributed by atoms with van der Waals surface area (Å²) in [6.07, 6.45) is 5.34. The highest BCUT2D eigenvalue weighted by Gasteiger charge is 2.25. The highest BCUT2D eigenvalue weighted by molar-refractivity contribution is 9.10. The number of hydrogen-bond acceptors (Lipinski definition) is 4. The zero-order valence-corrected chi connectivity index (χ0v) is 14.6. The summed E-state index contributed by atoms with van der Waals surface area (Å²) in [6.45, 7) is 6.12. The first-order valence-corrected chi connectivity index (χ1v) is 9.02. The highest BCUT2D eigenvalue weighted by Crippen LogP contribution is 2.32. The molecule has 1 aromatic heterocycles. The molecule has 0 saturated heterocycles. The largest absolute Gasteiger partial charge is 0.380 e. The summed E-state index contributed by atoms with van der Waals surface area (Å²) < 4.78 is 2.09. The number of hydrogen-bond donors (Lipinski definition) is 1. The molecule has 1 fully saturated rings. The minimum atomic E-state index is -0.0671. The summed E-state index contributed by atoms with van der Waals surface area (Å²) >= 11 is 5.45. The van der Waals surface area contributed by atoms with Gasteiger partial charge in [0.25, 0.3) is 5.56 Å². The molecule has 20 heavy (non-hydrogen) atoms. The molecule has 2 atom stereocenters. The van der Waals surface area contributed by atoms with Crippen LogP contribution in [0.15, 0.2) is 15.5 Å². The van der Waals surface area contributed by atoms with Crippen molar-refractivity contribution in [2.24, 2.45) is 0 Å². The van der Waals surface area contributed by atoms with Gasteiger partial charge in [-0.1, -0.05) is 6.92 Å². The van der Waals surface area contributed by atoms with E-state index < -0.39 is 0 Å². The molecule has 0 radical (unpaired) electrons. The molecule has 2 rings (SSSR count). The van der Waals surface area contributed by atoms with Gasteiger partial charge >= 0.3 is 0 Å². The van der Waals surface area contributed by atoms with Crippen molar-refractivity contribution >= 4 is 33.4 Å². The van der Waals surface area contributed by atoms with E-state index in [-0.39, 0.29) is 11.6 Å². The SMILES string of the molecule is CCSC1CCC(Nc2cnn(C(C)C)c(=O)c2Br)C1. The van der Waals surface area contributed by atoms with Crippen LogP contribution in [0.2, 0.25) is 0 Å². The molecule has 1 aliphatic carbocycles. The van der Waals surface area contributed by atoms with E-state index >= 15 is 0 Å². The van der Waals surface area contributed by atoms with Crippen molar-refractivity contribution in [3.8, 4) is 0 Å². The number of rotatable bonds is 5. The molecular weight excluding hydrogens is 338 g/mol. The maximum absolute atomic E-state index is 12.2. The molecule has 112 valence electrons. The molecule has 1 heterocycles. The lowest BCUT2D eigenvalue weighted by Gasteiger charge is -2.17. The number of halogens is 1. The van der Waals surface area contributed by atoms with Gasteiger partial charge in [-0.2, -0.15) is 16.9 Å². The molecule has 1 N–H and O–H groups in total. The fourth-order valence-electron chi connectivity index (χ4n) is 2.59. The number of nitrogens with one attached hydrogen (secondary N) is 1. The monoisotopic (exact) mass is 359 g/mol. The average molecular weight is 360 g/mol. The minimum Gasteiger partial charge on any atom is -0.380 e. The second-order valence-electron chi connectivity index (χ2n) is 5.45. The van der Waals surface area contributed by atoms with E-state index in [9.17, 15) is 4.79 Å². The van der Waals surface area contributed by atoms with Gasteiger partial charge in [0, 0.05) is 11.3 Å². The van der Waals surface area contributed by atoms with E-state index in [0.29, 0.717) is 10.5 Å². The molecule has 4 nitrogen and oxygen atoms in total. The first-order valence-electron chi connectivity index (χ1n) is 7.18. The van der Waals surface area contributed by atoms with E-state index in [1.54, 1.807) is 6.20 Å². The van der Waals surface area contributed by atoms with E-state index in [1.807, 2.05) is 25.6 Å². The average Bonchev–Trinajstić information content (AvgIpc) is 2.83. The fourth-order valence-corrected chi connectivity index (χ4v) is 4.13. The van der Waals surface area contributed by atoms with Gasteiger partial charge < -0.3 is 5.32 Å². The zero-order chi connectivity index (χ0) is 14.7. The lowest BCUT2D eigenvalue weighted by molar-refractivity contribution is 0.500. The van der Waals surface area contributed by atoms with Crippen LogP contribution < -0.4 is 10.9 Å². The minimum absolute atomic E-state index is 0.0671. The van der Waals surface area contributed by atoms with Gasteiger partial charge in [-0.25, -0.2) is 4.68 Å². The van der Waals surface area contributed by atoms with Crippen LogP contribution in [0.25, 0.3) is 0 Å². The second-order valence-corrected chi connectivity index (χ2v) is 7.82. The third kappa shape index (κ3) is 3.58. The van der Waals surface area contributed by atoms with Crippen LogP contribution in [0.1, 0.15) is 46.1 Å². The van der Waals surface area contributed by atoms with Crippen molar-refractivity contribution in [3.63, 3.8) is 0 Å². The number of thioether (sulfide) groups is 1. The summed E-state index contributed by atoms with van der Waals surface area (Å²) in [5.74, 6) is 1.17. The highest BCUT2D eigenvalue weighted by atomic mass is 79.9. The lowest BCUT2D eigenvalue weighted by atomic mass is 10.2. The summed E-state index contributed by atoms with van der Waals surface area (Å²) in [4.78, 5) is 12.2. The van der Waals surface area contributed by atoms with Gasteiger partial charge in [0.1, 0.15) is 4.47 Å². The first-order chi connectivity index (χ1) is 9.52. The molecule has 1 aliphatic rings. The third-order valence-corrected chi connectivity index (χ3v) is 5.58. The Hall–Kier alpha value is -0.490. The van der Waals surface area contributed by atoms with E-state index in [2.05, 4.69) is 33.3 Å². The molecule has 6 heteroatoms. The van der Waals surface area contributed by atoms with Crippen LogP contribution in [0.3, 0.4) is 0 Å². The van der Waals surface area contributed by atoms with Gasteiger partial charge in [0.2, 0.25) is 0 Å². The van der Waals surface area contributed by atoms with Crippen molar-refractivity contribution in [2.45, 2.75) is 57.4 Å².